The van der Waals surface area contributed by atoms with Crippen LogP contribution >= 0.6 is 0 Å². The Morgan fingerprint density at radius 3 is 2.31 bits per heavy atom. The molecule has 3 nitrogen and oxygen atoms in total. The van der Waals surface area contributed by atoms with Gasteiger partial charge in [0, 0.05) is 29.0 Å². The summed E-state index contributed by atoms with van der Waals surface area (Å²) < 4.78 is 43.8. The number of halogens is 3. The third-order valence-corrected chi connectivity index (χ3v) is 4.41. The predicted octanol–water partition coefficient (Wildman–Crippen LogP) is 4.78. The summed E-state index contributed by atoms with van der Waals surface area (Å²) in [4.78, 5) is 24.1. The summed E-state index contributed by atoms with van der Waals surface area (Å²) >= 11 is 0. The number of carbonyl (C=O) groups excluding carboxylic acids is 2. The van der Waals surface area contributed by atoms with Crippen LogP contribution in [0.4, 0.5) is 13.2 Å². The van der Waals surface area contributed by atoms with Crippen LogP contribution in [-0.2, 0) is 11.0 Å². The molecule has 1 aliphatic heterocycles. The van der Waals surface area contributed by atoms with E-state index in [4.69, 9.17) is 4.74 Å². The molecule has 1 heterocycles. The largest absolute Gasteiger partial charge is 0.488 e. The van der Waals surface area contributed by atoms with Gasteiger partial charge >= 0.3 is 6.18 Å². The first-order valence-corrected chi connectivity index (χ1v) is 8.11. The van der Waals surface area contributed by atoms with Crippen molar-refractivity contribution in [2.24, 2.45) is 0 Å². The maximum absolute atomic E-state index is 12.6. The third kappa shape index (κ3) is 3.49. The standard InChI is InChI=1S/C20H17F3O3/c1-19(2)10-14(11-24)16-9-13(5-8-17(16)26-19)18(25)12-3-6-15(7-4-12)20(21,22)23/h3-9,11,14H,10H2,1-2H3. The molecular formula is C20H17F3O3. The second-order valence-corrected chi connectivity index (χ2v) is 6.97. The minimum Gasteiger partial charge on any atom is -0.488 e. The van der Waals surface area contributed by atoms with Gasteiger partial charge in [-0.15, -0.1) is 0 Å². The number of carbonyl (C=O) groups is 2. The zero-order valence-electron chi connectivity index (χ0n) is 14.3. The molecule has 0 spiro atoms. The van der Waals surface area contributed by atoms with E-state index in [0.29, 0.717) is 23.3 Å². The Balaban J connectivity index is 1.93. The molecule has 0 saturated heterocycles. The van der Waals surface area contributed by atoms with Gasteiger partial charge in [0.05, 0.1) is 5.56 Å². The molecule has 0 bridgehead atoms. The molecule has 0 aliphatic carbocycles. The summed E-state index contributed by atoms with van der Waals surface area (Å²) in [6.07, 6.45) is -3.13. The van der Waals surface area contributed by atoms with Crippen molar-refractivity contribution in [3.63, 3.8) is 0 Å². The van der Waals surface area contributed by atoms with Crippen molar-refractivity contribution in [3.8, 4) is 5.75 Å². The topological polar surface area (TPSA) is 43.4 Å². The van der Waals surface area contributed by atoms with Crippen LogP contribution in [0.2, 0.25) is 0 Å². The molecule has 0 amide bonds. The van der Waals surface area contributed by atoms with Crippen LogP contribution in [0.5, 0.6) is 5.75 Å². The van der Waals surface area contributed by atoms with Gasteiger partial charge in [0.2, 0.25) is 0 Å². The van der Waals surface area contributed by atoms with E-state index in [1.54, 1.807) is 18.2 Å². The monoisotopic (exact) mass is 362 g/mol. The lowest BCUT2D eigenvalue weighted by Gasteiger charge is -2.35. The first-order chi connectivity index (χ1) is 12.1. The van der Waals surface area contributed by atoms with Gasteiger partial charge in [0.25, 0.3) is 0 Å². The molecule has 1 aliphatic rings. The second kappa shape index (κ2) is 6.27. The average Bonchev–Trinajstić information content (AvgIpc) is 2.58. The van der Waals surface area contributed by atoms with Crippen molar-refractivity contribution in [3.05, 3.63) is 64.7 Å². The highest BCUT2D eigenvalue weighted by Crippen LogP contribution is 2.40. The van der Waals surface area contributed by atoms with E-state index in [-0.39, 0.29) is 5.56 Å². The van der Waals surface area contributed by atoms with Gasteiger partial charge < -0.3 is 9.53 Å². The maximum Gasteiger partial charge on any atom is 0.416 e. The van der Waals surface area contributed by atoms with Crippen molar-refractivity contribution in [2.45, 2.75) is 38.0 Å². The van der Waals surface area contributed by atoms with Gasteiger partial charge in [-0.3, -0.25) is 4.79 Å². The van der Waals surface area contributed by atoms with Crippen molar-refractivity contribution in [1.29, 1.82) is 0 Å². The average molecular weight is 362 g/mol. The van der Waals surface area contributed by atoms with E-state index in [2.05, 4.69) is 0 Å². The summed E-state index contributed by atoms with van der Waals surface area (Å²) in [6, 6.07) is 8.84. The minimum absolute atomic E-state index is 0.151. The van der Waals surface area contributed by atoms with Crippen molar-refractivity contribution < 1.29 is 27.5 Å². The zero-order valence-corrected chi connectivity index (χ0v) is 14.3. The molecule has 0 radical (unpaired) electrons. The Bertz CT molecular complexity index is 852. The number of benzene rings is 2. The number of fused-ring (bicyclic) bond motifs is 1. The van der Waals surface area contributed by atoms with Crippen LogP contribution in [0, 0.1) is 0 Å². The zero-order chi connectivity index (χ0) is 19.1. The first kappa shape index (κ1) is 18.2. The van der Waals surface area contributed by atoms with Gasteiger partial charge in [-0.05, 0) is 44.2 Å². The minimum atomic E-state index is -4.45. The summed E-state index contributed by atoms with van der Waals surface area (Å²) in [6.45, 7) is 3.77. The van der Waals surface area contributed by atoms with E-state index >= 15 is 0 Å². The van der Waals surface area contributed by atoms with Gasteiger partial charge in [-0.25, -0.2) is 0 Å². The number of ketones is 1. The number of alkyl halides is 3. The number of hydrogen-bond acceptors (Lipinski definition) is 3. The third-order valence-electron chi connectivity index (χ3n) is 4.41. The fourth-order valence-electron chi connectivity index (χ4n) is 3.15. The molecule has 2 aromatic carbocycles. The van der Waals surface area contributed by atoms with Gasteiger partial charge in [0.1, 0.15) is 17.6 Å². The lowest BCUT2D eigenvalue weighted by atomic mass is 9.84. The number of ether oxygens (including phenoxy) is 1. The molecule has 0 N–H and O–H groups in total. The molecular weight excluding hydrogens is 345 g/mol. The Labute approximate surface area is 148 Å². The quantitative estimate of drug-likeness (QED) is 0.583. The van der Waals surface area contributed by atoms with E-state index in [1.165, 1.54) is 0 Å². The molecule has 2 aromatic rings. The highest BCUT2D eigenvalue weighted by Gasteiger charge is 2.34. The molecule has 6 heteroatoms. The van der Waals surface area contributed by atoms with Crippen molar-refractivity contribution >= 4 is 12.1 Å². The van der Waals surface area contributed by atoms with Gasteiger partial charge in [0.15, 0.2) is 5.78 Å². The van der Waals surface area contributed by atoms with Crippen LogP contribution in [0.25, 0.3) is 0 Å². The Kier molecular flexibility index (Phi) is 4.38. The van der Waals surface area contributed by atoms with E-state index in [1.807, 2.05) is 13.8 Å². The Hall–Kier alpha value is -2.63. The fourth-order valence-corrected chi connectivity index (χ4v) is 3.15. The lowest BCUT2D eigenvalue weighted by Crippen LogP contribution is -2.35. The highest BCUT2D eigenvalue weighted by molar-refractivity contribution is 6.09. The van der Waals surface area contributed by atoms with Crippen LogP contribution in [0.1, 0.15) is 53.2 Å². The molecule has 0 saturated carbocycles. The van der Waals surface area contributed by atoms with E-state index in [9.17, 15) is 22.8 Å². The normalized spacial score (nSPS) is 18.6. The van der Waals surface area contributed by atoms with Crippen molar-refractivity contribution in [1.82, 2.24) is 0 Å². The van der Waals surface area contributed by atoms with Crippen LogP contribution in [0.15, 0.2) is 42.5 Å². The highest BCUT2D eigenvalue weighted by atomic mass is 19.4. The van der Waals surface area contributed by atoms with E-state index in [0.717, 1.165) is 30.6 Å². The smallest absolute Gasteiger partial charge is 0.416 e. The van der Waals surface area contributed by atoms with Crippen LogP contribution in [-0.4, -0.2) is 17.7 Å². The molecule has 0 aromatic heterocycles. The first-order valence-electron chi connectivity index (χ1n) is 8.11. The SMILES string of the molecule is CC1(C)CC(C=O)c2cc(C(=O)c3ccc(C(F)(F)F)cc3)ccc2O1. The summed E-state index contributed by atoms with van der Waals surface area (Å²) in [7, 11) is 0. The Morgan fingerprint density at radius 2 is 1.73 bits per heavy atom. The van der Waals surface area contributed by atoms with Gasteiger partial charge in [-0.1, -0.05) is 12.1 Å². The molecule has 1 unspecified atom stereocenters. The molecule has 0 fully saturated rings. The lowest BCUT2D eigenvalue weighted by molar-refractivity contribution is -0.137. The number of rotatable bonds is 3. The number of aldehydes is 1. The molecule has 136 valence electrons. The summed E-state index contributed by atoms with van der Waals surface area (Å²) in [5.74, 6) is -0.257. The van der Waals surface area contributed by atoms with Crippen molar-refractivity contribution in [2.75, 3.05) is 0 Å². The van der Waals surface area contributed by atoms with E-state index < -0.39 is 29.0 Å². The summed E-state index contributed by atoms with van der Waals surface area (Å²) in [5, 5.41) is 0. The number of hydrogen-bond donors (Lipinski definition) is 0. The molecule has 1 atom stereocenters. The molecule has 26 heavy (non-hydrogen) atoms. The molecule has 3 rings (SSSR count). The maximum atomic E-state index is 12.6. The predicted molar refractivity (Wildman–Crippen MR) is 89.4 cm³/mol. The van der Waals surface area contributed by atoms with Crippen LogP contribution in [0.3, 0.4) is 0 Å². The Morgan fingerprint density at radius 1 is 1.12 bits per heavy atom. The second-order valence-electron chi connectivity index (χ2n) is 6.97. The summed E-state index contributed by atoms with van der Waals surface area (Å²) in [5.41, 5.74) is -0.220. The fraction of sp³-hybridized carbons (Fsp3) is 0.300. The van der Waals surface area contributed by atoms with Gasteiger partial charge in [-0.2, -0.15) is 13.2 Å². The van der Waals surface area contributed by atoms with Crippen LogP contribution < -0.4 is 4.74 Å².